The highest BCUT2D eigenvalue weighted by molar-refractivity contribution is 6.84. The minimum absolute atomic E-state index is 0.0548. The summed E-state index contributed by atoms with van der Waals surface area (Å²) in [6.45, 7) is 0. The van der Waals surface area contributed by atoms with Gasteiger partial charge >= 0.3 is 14.7 Å². The normalized spacial score (nSPS) is 11.9. The maximum atomic E-state index is 15.1. The number of carbonyl (C=O) groups is 1. The molecule has 0 saturated heterocycles. The monoisotopic (exact) mass is 344 g/mol. The topological polar surface area (TPSA) is 37.3 Å². The van der Waals surface area contributed by atoms with Crippen LogP contribution in [-0.2, 0) is 4.79 Å². The first-order valence-electron chi connectivity index (χ1n) is 7.99. The lowest BCUT2D eigenvalue weighted by molar-refractivity contribution is -0.137. The van der Waals surface area contributed by atoms with Gasteiger partial charge in [-0.05, 0) is 40.5 Å². The van der Waals surface area contributed by atoms with Crippen LogP contribution >= 0.6 is 0 Å². The summed E-state index contributed by atoms with van der Waals surface area (Å²) in [6, 6.07) is 16.3. The van der Waals surface area contributed by atoms with Crippen LogP contribution in [0.5, 0.6) is 0 Å². The fourth-order valence-electron chi connectivity index (χ4n) is 3.16. The lowest BCUT2D eigenvalue weighted by Gasteiger charge is -2.18. The number of carboxylic acid groups (broad SMARTS) is 1. The van der Waals surface area contributed by atoms with Gasteiger partial charge in [-0.15, -0.1) is 0 Å². The number of benzene rings is 3. The molecule has 0 radical (unpaired) electrons. The van der Waals surface area contributed by atoms with Gasteiger partial charge in [0.15, 0.2) is 0 Å². The third-order valence-corrected chi connectivity index (χ3v) is 6.52. The van der Waals surface area contributed by atoms with E-state index in [1.165, 1.54) is 0 Å². The van der Waals surface area contributed by atoms with E-state index in [1.54, 1.807) is 24.3 Å². The fourth-order valence-corrected chi connectivity index (χ4v) is 5.34. The van der Waals surface area contributed by atoms with Crippen LogP contribution in [0.1, 0.15) is 19.3 Å². The Morgan fingerprint density at radius 2 is 1.46 bits per heavy atom. The third kappa shape index (κ3) is 3.31. The Balaban J connectivity index is 2.06. The predicted molar refractivity (Wildman–Crippen MR) is 95.4 cm³/mol. The maximum absolute atomic E-state index is 15.1. The summed E-state index contributed by atoms with van der Waals surface area (Å²) in [4.78, 5) is 10.6. The first kappa shape index (κ1) is 16.6. The molecule has 0 fully saturated rings. The second-order valence-corrected chi connectivity index (χ2v) is 8.41. The van der Waals surface area contributed by atoms with E-state index in [2.05, 4.69) is 0 Å². The molecule has 0 atom stereocenters. The average Bonchev–Trinajstić information content (AvgIpc) is 2.56. The highest BCUT2D eigenvalue weighted by atomic mass is 28.4. The van der Waals surface area contributed by atoms with Crippen LogP contribution < -0.4 is 5.19 Å². The lowest BCUT2D eigenvalue weighted by Crippen LogP contribution is -2.40. The molecule has 0 aliphatic rings. The Labute approximate surface area is 140 Å². The molecule has 24 heavy (non-hydrogen) atoms. The molecule has 1 N–H and O–H groups in total. The van der Waals surface area contributed by atoms with Crippen molar-refractivity contribution in [2.45, 2.75) is 25.3 Å². The zero-order chi connectivity index (χ0) is 17.2. The number of hydrogen-bond donors (Lipinski definition) is 1. The van der Waals surface area contributed by atoms with Crippen molar-refractivity contribution in [1.29, 1.82) is 0 Å². The van der Waals surface area contributed by atoms with Gasteiger partial charge in [0.2, 0.25) is 0 Å². The van der Waals surface area contributed by atoms with Crippen LogP contribution in [0.4, 0.5) is 8.22 Å². The predicted octanol–water partition coefficient (Wildman–Crippen LogP) is 4.84. The Bertz CT molecular complexity index is 839. The fraction of sp³-hybridized carbons (Fsp3) is 0.211. The molecular formula is C19H18F2O2Si. The molecular weight excluding hydrogens is 326 g/mol. The number of halogens is 2. The van der Waals surface area contributed by atoms with E-state index in [9.17, 15) is 4.79 Å². The summed E-state index contributed by atoms with van der Waals surface area (Å²) in [5.74, 6) is -0.935. The molecule has 0 unspecified atom stereocenters. The smallest absolute Gasteiger partial charge is 0.456 e. The van der Waals surface area contributed by atoms with E-state index in [4.69, 9.17) is 5.11 Å². The Morgan fingerprint density at radius 3 is 2.00 bits per heavy atom. The minimum atomic E-state index is -4.67. The van der Waals surface area contributed by atoms with Crippen molar-refractivity contribution in [1.82, 2.24) is 0 Å². The molecule has 0 spiro atoms. The molecule has 0 aliphatic carbocycles. The summed E-state index contributed by atoms with van der Waals surface area (Å²) in [5, 5.41) is 11.7. The second-order valence-electron chi connectivity index (χ2n) is 6.00. The number of unbranched alkanes of at least 4 members (excludes halogenated alkanes) is 1. The van der Waals surface area contributed by atoms with Crippen LogP contribution in [-0.4, -0.2) is 19.8 Å². The quantitative estimate of drug-likeness (QED) is 0.301. The molecule has 3 rings (SSSR count). The minimum Gasteiger partial charge on any atom is -0.481 e. The number of aliphatic carboxylic acids is 1. The van der Waals surface area contributed by atoms with Crippen LogP contribution in [0, 0.1) is 0 Å². The van der Waals surface area contributed by atoms with Crippen LogP contribution in [0.2, 0.25) is 6.04 Å². The molecule has 0 bridgehead atoms. The Morgan fingerprint density at radius 1 is 0.917 bits per heavy atom. The lowest BCUT2D eigenvalue weighted by atomic mass is 10.0. The molecule has 0 aromatic heterocycles. The molecule has 3 aromatic rings. The SMILES string of the molecule is O=C(O)CCCC[Si](F)(F)c1c2ccccc2cc2ccccc12. The molecule has 0 heterocycles. The van der Waals surface area contributed by atoms with Crippen molar-refractivity contribution in [3.8, 4) is 0 Å². The average molecular weight is 344 g/mol. The number of hydrogen-bond acceptors (Lipinski definition) is 1. The summed E-state index contributed by atoms with van der Waals surface area (Å²) >= 11 is 0. The number of fused-ring (bicyclic) bond motifs is 2. The van der Waals surface area contributed by atoms with Gasteiger partial charge in [0.25, 0.3) is 0 Å². The van der Waals surface area contributed by atoms with Gasteiger partial charge in [0.05, 0.1) is 0 Å². The van der Waals surface area contributed by atoms with Gasteiger partial charge in [0, 0.05) is 17.7 Å². The molecule has 124 valence electrons. The van der Waals surface area contributed by atoms with Crippen molar-refractivity contribution in [3.63, 3.8) is 0 Å². The van der Waals surface area contributed by atoms with E-state index in [-0.39, 0.29) is 24.1 Å². The Hall–Kier alpha value is -2.27. The third-order valence-electron chi connectivity index (χ3n) is 4.27. The van der Waals surface area contributed by atoms with Gasteiger partial charge in [-0.25, -0.2) is 0 Å². The molecule has 5 heteroatoms. The van der Waals surface area contributed by atoms with E-state index in [1.807, 2.05) is 30.3 Å². The van der Waals surface area contributed by atoms with Gasteiger partial charge in [-0.3, -0.25) is 13.0 Å². The van der Waals surface area contributed by atoms with Gasteiger partial charge in [-0.1, -0.05) is 48.5 Å². The van der Waals surface area contributed by atoms with Crippen LogP contribution in [0.15, 0.2) is 54.6 Å². The van der Waals surface area contributed by atoms with E-state index >= 15 is 8.22 Å². The summed E-state index contributed by atoms with van der Waals surface area (Å²) in [5.41, 5.74) is 0. The zero-order valence-corrected chi connectivity index (χ0v) is 14.1. The maximum Gasteiger partial charge on any atom is 0.456 e. The second kappa shape index (κ2) is 6.69. The summed E-state index contributed by atoms with van der Waals surface area (Å²) < 4.78 is 30.3. The van der Waals surface area contributed by atoms with E-state index in [0.29, 0.717) is 17.2 Å². The zero-order valence-electron chi connectivity index (χ0n) is 13.1. The molecule has 3 aromatic carbocycles. The highest BCUT2D eigenvalue weighted by Gasteiger charge is 2.40. The molecule has 0 aliphatic heterocycles. The summed E-state index contributed by atoms with van der Waals surface area (Å²) in [6.07, 6.45) is 0.477. The van der Waals surface area contributed by atoms with Crippen LogP contribution in [0.3, 0.4) is 0 Å². The number of carboxylic acids is 1. The molecule has 0 amide bonds. The van der Waals surface area contributed by atoms with Gasteiger partial charge in [-0.2, -0.15) is 0 Å². The molecule has 0 saturated carbocycles. The standard InChI is InChI=1S/C19H18F2O2Si/c20-24(21,12-6-5-11-18(22)23)19-16-9-3-1-7-14(16)13-15-8-2-4-10-17(15)19/h1-4,7-10,13H,5-6,11-12H2,(H,22,23). The Kier molecular flexibility index (Phi) is 4.62. The van der Waals surface area contributed by atoms with E-state index in [0.717, 1.165) is 10.8 Å². The van der Waals surface area contributed by atoms with E-state index < -0.39 is 14.7 Å². The first-order chi connectivity index (χ1) is 11.5. The van der Waals surface area contributed by atoms with Crippen molar-refractivity contribution in [2.75, 3.05) is 0 Å². The van der Waals surface area contributed by atoms with Gasteiger partial charge in [0.1, 0.15) is 0 Å². The van der Waals surface area contributed by atoms with Crippen molar-refractivity contribution in [2.24, 2.45) is 0 Å². The number of rotatable bonds is 6. The first-order valence-corrected chi connectivity index (χ1v) is 9.96. The highest BCUT2D eigenvalue weighted by Crippen LogP contribution is 2.28. The summed E-state index contributed by atoms with van der Waals surface area (Å²) in [7, 11) is -4.67. The largest absolute Gasteiger partial charge is 0.481 e. The van der Waals surface area contributed by atoms with Gasteiger partial charge < -0.3 is 5.11 Å². The molecule has 2 nitrogen and oxygen atoms in total. The van der Waals surface area contributed by atoms with Crippen molar-refractivity contribution < 1.29 is 18.1 Å². The van der Waals surface area contributed by atoms with Crippen LogP contribution in [0.25, 0.3) is 21.5 Å². The van der Waals surface area contributed by atoms with Crippen molar-refractivity contribution in [3.05, 3.63) is 54.6 Å². The van der Waals surface area contributed by atoms with Crippen molar-refractivity contribution >= 4 is 41.4 Å².